The molecule has 1 N–H and O–H groups in total. The van der Waals surface area contributed by atoms with Crippen molar-refractivity contribution in [3.8, 4) is 0 Å². The maximum atomic E-state index is 12.3. The summed E-state index contributed by atoms with van der Waals surface area (Å²) in [5.74, 6) is -0.404. The summed E-state index contributed by atoms with van der Waals surface area (Å²) in [7, 11) is 0. The highest BCUT2D eigenvalue weighted by molar-refractivity contribution is 6.05. The van der Waals surface area contributed by atoms with E-state index in [1.54, 1.807) is 15.8 Å². The van der Waals surface area contributed by atoms with Gasteiger partial charge >= 0.3 is 0 Å². The second-order valence-electron chi connectivity index (χ2n) is 4.39. The van der Waals surface area contributed by atoms with E-state index < -0.39 is 0 Å². The summed E-state index contributed by atoms with van der Waals surface area (Å²) >= 11 is 0. The molecule has 1 atom stereocenters. The number of aromatic nitrogens is 2. The number of hydrogen-bond donors (Lipinski definition) is 1. The van der Waals surface area contributed by atoms with Gasteiger partial charge in [0.2, 0.25) is 0 Å². The fourth-order valence-electron chi connectivity index (χ4n) is 2.16. The molecule has 6 nitrogen and oxygen atoms in total. The maximum absolute atomic E-state index is 12.3. The topological polar surface area (TPSA) is 67.2 Å². The molecule has 0 spiro atoms. The van der Waals surface area contributed by atoms with Gasteiger partial charge in [0.15, 0.2) is 5.69 Å². The van der Waals surface area contributed by atoms with Gasteiger partial charge in [0.25, 0.3) is 11.8 Å². The Morgan fingerprint density at radius 2 is 2.22 bits per heavy atom. The van der Waals surface area contributed by atoms with E-state index in [4.69, 9.17) is 0 Å². The standard InChI is InChI=1S/C12H18N4O2/c1-4-15(5-2)12(18)9-10-11(17)13-6-8(3)16(10)7-14-9/h7-8H,4-6H2,1-3H3,(H,13,17)/t8-/m1/s1. The summed E-state index contributed by atoms with van der Waals surface area (Å²) in [6, 6.07) is 0.128. The second-order valence-corrected chi connectivity index (χ2v) is 4.39. The fraction of sp³-hybridized carbons (Fsp3) is 0.583. The molecule has 1 aromatic heterocycles. The number of carbonyl (C=O) groups excluding carboxylic acids is 2. The number of hydrogen-bond acceptors (Lipinski definition) is 3. The Labute approximate surface area is 106 Å². The second kappa shape index (κ2) is 4.80. The lowest BCUT2D eigenvalue weighted by molar-refractivity contribution is 0.0757. The number of fused-ring (bicyclic) bond motifs is 1. The molecule has 0 aliphatic carbocycles. The van der Waals surface area contributed by atoms with Gasteiger partial charge in [-0.3, -0.25) is 9.59 Å². The van der Waals surface area contributed by atoms with Crippen molar-refractivity contribution in [1.29, 1.82) is 0 Å². The summed E-state index contributed by atoms with van der Waals surface area (Å²) in [4.78, 5) is 29.9. The summed E-state index contributed by atoms with van der Waals surface area (Å²) < 4.78 is 1.77. The van der Waals surface area contributed by atoms with Crippen molar-refractivity contribution in [2.45, 2.75) is 26.8 Å². The van der Waals surface area contributed by atoms with Crippen LogP contribution in [0.25, 0.3) is 0 Å². The summed E-state index contributed by atoms with van der Waals surface area (Å²) in [6.07, 6.45) is 1.58. The molecule has 0 bridgehead atoms. The molecule has 1 aliphatic rings. The number of nitrogens with one attached hydrogen (secondary N) is 1. The zero-order chi connectivity index (χ0) is 13.3. The van der Waals surface area contributed by atoms with Crippen LogP contribution in [-0.2, 0) is 0 Å². The predicted molar refractivity (Wildman–Crippen MR) is 66.5 cm³/mol. The highest BCUT2D eigenvalue weighted by Crippen LogP contribution is 2.19. The van der Waals surface area contributed by atoms with Crippen molar-refractivity contribution < 1.29 is 9.59 Å². The van der Waals surface area contributed by atoms with Crippen LogP contribution in [0.5, 0.6) is 0 Å². The monoisotopic (exact) mass is 250 g/mol. The Kier molecular flexibility index (Phi) is 3.36. The number of amides is 2. The average Bonchev–Trinajstić information content (AvgIpc) is 2.81. The summed E-state index contributed by atoms with van der Waals surface area (Å²) in [5.41, 5.74) is 0.633. The van der Waals surface area contributed by atoms with Gasteiger partial charge in [-0.05, 0) is 20.8 Å². The predicted octanol–water partition coefficient (Wildman–Crippen LogP) is 0.669. The van der Waals surface area contributed by atoms with Crippen LogP contribution < -0.4 is 5.32 Å². The molecule has 0 fully saturated rings. The molecule has 0 unspecified atom stereocenters. The quantitative estimate of drug-likeness (QED) is 0.857. The van der Waals surface area contributed by atoms with Crippen LogP contribution in [0.1, 0.15) is 47.8 Å². The normalized spacial score (nSPS) is 18.2. The minimum Gasteiger partial charge on any atom is -0.349 e. The van der Waals surface area contributed by atoms with Gasteiger partial charge < -0.3 is 14.8 Å². The lowest BCUT2D eigenvalue weighted by Crippen LogP contribution is -2.40. The molecule has 2 amide bonds. The van der Waals surface area contributed by atoms with E-state index in [9.17, 15) is 9.59 Å². The minimum atomic E-state index is -0.221. The Morgan fingerprint density at radius 3 is 2.83 bits per heavy atom. The van der Waals surface area contributed by atoms with E-state index in [0.717, 1.165) is 0 Å². The van der Waals surface area contributed by atoms with Crippen LogP contribution in [0.2, 0.25) is 0 Å². The highest BCUT2D eigenvalue weighted by Gasteiger charge is 2.30. The number of rotatable bonds is 3. The largest absolute Gasteiger partial charge is 0.349 e. The van der Waals surface area contributed by atoms with E-state index in [1.165, 1.54) is 0 Å². The molecule has 0 saturated carbocycles. The Bertz CT molecular complexity index is 476. The van der Waals surface area contributed by atoms with Gasteiger partial charge in [0.1, 0.15) is 5.69 Å². The van der Waals surface area contributed by atoms with Crippen molar-refractivity contribution in [3.05, 3.63) is 17.7 Å². The number of imidazole rings is 1. The van der Waals surface area contributed by atoms with Crippen LogP contribution in [-0.4, -0.2) is 45.9 Å². The molecule has 1 aliphatic heterocycles. The summed E-state index contributed by atoms with van der Waals surface area (Å²) in [5, 5.41) is 2.77. The molecule has 0 radical (unpaired) electrons. The van der Waals surface area contributed by atoms with Gasteiger partial charge in [-0.2, -0.15) is 0 Å². The number of nitrogens with zero attached hydrogens (tertiary/aromatic N) is 3. The van der Waals surface area contributed by atoms with Gasteiger partial charge in [0.05, 0.1) is 6.33 Å². The van der Waals surface area contributed by atoms with Gasteiger partial charge in [-0.1, -0.05) is 0 Å². The highest BCUT2D eigenvalue weighted by atomic mass is 16.2. The molecule has 2 rings (SSSR count). The van der Waals surface area contributed by atoms with E-state index in [1.807, 2.05) is 20.8 Å². The Balaban J connectivity index is 2.41. The smallest absolute Gasteiger partial charge is 0.274 e. The van der Waals surface area contributed by atoms with E-state index >= 15 is 0 Å². The van der Waals surface area contributed by atoms with Crippen molar-refractivity contribution in [2.75, 3.05) is 19.6 Å². The zero-order valence-electron chi connectivity index (χ0n) is 10.9. The zero-order valence-corrected chi connectivity index (χ0v) is 10.9. The van der Waals surface area contributed by atoms with Crippen molar-refractivity contribution >= 4 is 11.8 Å². The molecule has 2 heterocycles. The number of carbonyl (C=O) groups is 2. The van der Waals surface area contributed by atoms with Crippen LogP contribution in [0, 0.1) is 0 Å². The van der Waals surface area contributed by atoms with Crippen molar-refractivity contribution in [2.24, 2.45) is 0 Å². The van der Waals surface area contributed by atoms with E-state index in [2.05, 4.69) is 10.3 Å². The van der Waals surface area contributed by atoms with Gasteiger partial charge in [0, 0.05) is 25.7 Å². The molecular weight excluding hydrogens is 232 g/mol. The Morgan fingerprint density at radius 1 is 1.56 bits per heavy atom. The third-order valence-corrected chi connectivity index (χ3v) is 3.29. The minimum absolute atomic E-state index is 0.128. The van der Waals surface area contributed by atoms with Crippen molar-refractivity contribution in [1.82, 2.24) is 19.8 Å². The third kappa shape index (κ3) is 1.87. The first kappa shape index (κ1) is 12.6. The third-order valence-electron chi connectivity index (χ3n) is 3.29. The SMILES string of the molecule is CCN(CC)C(=O)c1ncn2c1C(=O)NC[C@H]2C. The summed E-state index contributed by atoms with van der Waals surface area (Å²) in [6.45, 7) is 7.59. The average molecular weight is 250 g/mol. The first-order chi connectivity index (χ1) is 8.60. The van der Waals surface area contributed by atoms with E-state index in [-0.39, 0.29) is 23.6 Å². The van der Waals surface area contributed by atoms with E-state index in [0.29, 0.717) is 25.3 Å². The molecule has 0 aromatic carbocycles. The van der Waals surface area contributed by atoms with Crippen molar-refractivity contribution in [3.63, 3.8) is 0 Å². The molecule has 1 aromatic rings. The molecule has 98 valence electrons. The lowest BCUT2D eigenvalue weighted by Gasteiger charge is -2.23. The molecule has 18 heavy (non-hydrogen) atoms. The fourth-order valence-corrected chi connectivity index (χ4v) is 2.16. The van der Waals surface area contributed by atoms with Gasteiger partial charge in [-0.25, -0.2) is 4.98 Å². The van der Waals surface area contributed by atoms with Crippen LogP contribution >= 0.6 is 0 Å². The first-order valence-corrected chi connectivity index (χ1v) is 6.24. The maximum Gasteiger partial charge on any atom is 0.274 e. The van der Waals surface area contributed by atoms with Crippen LogP contribution in [0.15, 0.2) is 6.33 Å². The van der Waals surface area contributed by atoms with Gasteiger partial charge in [-0.15, -0.1) is 0 Å². The lowest BCUT2D eigenvalue weighted by atomic mass is 10.2. The molecule has 0 saturated heterocycles. The van der Waals surface area contributed by atoms with Crippen LogP contribution in [0.3, 0.4) is 0 Å². The Hall–Kier alpha value is -1.85. The van der Waals surface area contributed by atoms with Crippen LogP contribution in [0.4, 0.5) is 0 Å². The molecular formula is C12H18N4O2. The molecule has 6 heteroatoms. The first-order valence-electron chi connectivity index (χ1n) is 6.24.